The van der Waals surface area contributed by atoms with Gasteiger partial charge in [0.05, 0.1) is 18.3 Å². The average Bonchev–Trinajstić information content (AvgIpc) is 2.96. The van der Waals surface area contributed by atoms with E-state index in [9.17, 15) is 4.39 Å². The van der Waals surface area contributed by atoms with Crippen LogP contribution in [-0.2, 0) is 6.42 Å². The van der Waals surface area contributed by atoms with E-state index >= 15 is 0 Å². The van der Waals surface area contributed by atoms with Gasteiger partial charge >= 0.3 is 0 Å². The van der Waals surface area contributed by atoms with Gasteiger partial charge in [0, 0.05) is 18.7 Å². The third-order valence-corrected chi connectivity index (χ3v) is 4.19. The normalized spacial score (nSPS) is 18.7. The lowest BCUT2D eigenvalue weighted by molar-refractivity contribution is 0.183. The number of halogens is 1. The molecule has 4 heteroatoms. The molecule has 22 heavy (non-hydrogen) atoms. The number of hydrogen-bond acceptors (Lipinski definition) is 3. The van der Waals surface area contributed by atoms with Crippen LogP contribution < -0.4 is 0 Å². The Labute approximate surface area is 130 Å². The van der Waals surface area contributed by atoms with Crippen LogP contribution in [0.15, 0.2) is 42.5 Å². The quantitative estimate of drug-likeness (QED) is 0.922. The van der Waals surface area contributed by atoms with Gasteiger partial charge in [-0.1, -0.05) is 18.2 Å². The van der Waals surface area contributed by atoms with E-state index in [1.54, 1.807) is 12.1 Å². The molecule has 0 saturated carbocycles. The molecular formula is C18H21FN2O. The number of β-amino-alcohol motifs (C(OH)–C–C–N with tert-alkyl or cyclic N) is 1. The molecule has 1 saturated heterocycles. The summed E-state index contributed by atoms with van der Waals surface area (Å²) >= 11 is 0. The van der Waals surface area contributed by atoms with Crippen LogP contribution in [-0.4, -0.2) is 34.7 Å². The molecule has 3 rings (SSSR count). The molecule has 0 radical (unpaired) electrons. The summed E-state index contributed by atoms with van der Waals surface area (Å²) < 4.78 is 13.3. The molecule has 2 aromatic rings. The fourth-order valence-corrected chi connectivity index (χ4v) is 3.20. The first-order chi connectivity index (χ1) is 10.8. The van der Waals surface area contributed by atoms with Crippen molar-refractivity contribution in [2.24, 2.45) is 0 Å². The zero-order valence-corrected chi connectivity index (χ0v) is 12.6. The third-order valence-electron chi connectivity index (χ3n) is 4.19. The van der Waals surface area contributed by atoms with Crippen molar-refractivity contribution < 1.29 is 9.50 Å². The number of likely N-dealkylation sites (tertiary alicyclic amines) is 1. The number of pyridine rings is 1. The summed E-state index contributed by atoms with van der Waals surface area (Å²) in [7, 11) is 0. The number of rotatable bonds is 5. The molecule has 116 valence electrons. The van der Waals surface area contributed by atoms with Gasteiger partial charge in [0.2, 0.25) is 0 Å². The molecule has 3 nitrogen and oxygen atoms in total. The Bertz CT molecular complexity index is 632. The summed E-state index contributed by atoms with van der Waals surface area (Å²) in [6.45, 7) is 1.89. The van der Waals surface area contributed by atoms with Crippen LogP contribution in [0.3, 0.4) is 0 Å². The number of nitrogens with zero attached hydrogens (tertiary/aromatic N) is 2. The zero-order valence-electron chi connectivity index (χ0n) is 12.6. The second kappa shape index (κ2) is 6.99. The van der Waals surface area contributed by atoms with Gasteiger partial charge in [-0.25, -0.2) is 4.39 Å². The standard InChI is InChI=1S/C18H21FN2O/c19-15-5-1-4-14(12-15)13-16-6-2-7-17(20-16)18-8-3-9-21(18)10-11-22/h1-2,4-7,12,18,22H,3,8-11,13H2/t18-/m1/s1. The first-order valence-corrected chi connectivity index (χ1v) is 7.81. The Kier molecular flexibility index (Phi) is 4.80. The van der Waals surface area contributed by atoms with Crippen LogP contribution in [0, 0.1) is 5.82 Å². The van der Waals surface area contributed by atoms with Crippen LogP contribution in [0.4, 0.5) is 4.39 Å². The highest BCUT2D eigenvalue weighted by Gasteiger charge is 2.26. The van der Waals surface area contributed by atoms with E-state index in [-0.39, 0.29) is 12.4 Å². The first kappa shape index (κ1) is 15.1. The maximum atomic E-state index is 13.3. The van der Waals surface area contributed by atoms with Gasteiger partial charge in [-0.05, 0) is 49.2 Å². The Morgan fingerprint density at radius 3 is 2.91 bits per heavy atom. The number of benzene rings is 1. The topological polar surface area (TPSA) is 36.4 Å². The van der Waals surface area contributed by atoms with E-state index in [1.807, 2.05) is 18.2 Å². The van der Waals surface area contributed by atoms with Crippen LogP contribution in [0.1, 0.15) is 35.8 Å². The third kappa shape index (κ3) is 3.51. The minimum atomic E-state index is -0.210. The molecule has 0 bridgehead atoms. The van der Waals surface area contributed by atoms with Crippen LogP contribution in [0.25, 0.3) is 0 Å². The van der Waals surface area contributed by atoms with Crippen LogP contribution >= 0.6 is 0 Å². The Morgan fingerprint density at radius 2 is 2.09 bits per heavy atom. The Morgan fingerprint density at radius 1 is 1.23 bits per heavy atom. The average molecular weight is 300 g/mol. The molecule has 2 heterocycles. The SMILES string of the molecule is OCCN1CCC[C@@H]1c1cccc(Cc2cccc(F)c2)n1. The predicted molar refractivity (Wildman–Crippen MR) is 84.1 cm³/mol. The highest BCUT2D eigenvalue weighted by molar-refractivity contribution is 5.24. The fourth-order valence-electron chi connectivity index (χ4n) is 3.20. The smallest absolute Gasteiger partial charge is 0.123 e. The highest BCUT2D eigenvalue weighted by atomic mass is 19.1. The second-order valence-electron chi connectivity index (χ2n) is 5.78. The lowest BCUT2D eigenvalue weighted by Crippen LogP contribution is -2.27. The van der Waals surface area contributed by atoms with E-state index in [2.05, 4.69) is 11.0 Å². The molecule has 0 unspecified atom stereocenters. The lowest BCUT2D eigenvalue weighted by atomic mass is 10.1. The molecule has 0 aliphatic carbocycles. The molecule has 1 aliphatic heterocycles. The van der Waals surface area contributed by atoms with Gasteiger partial charge < -0.3 is 5.11 Å². The van der Waals surface area contributed by atoms with Gasteiger partial charge in [0.1, 0.15) is 5.82 Å². The minimum Gasteiger partial charge on any atom is -0.395 e. The fraction of sp³-hybridized carbons (Fsp3) is 0.389. The van der Waals surface area contributed by atoms with Crippen LogP contribution in [0.2, 0.25) is 0 Å². The number of aromatic nitrogens is 1. The second-order valence-corrected chi connectivity index (χ2v) is 5.78. The maximum absolute atomic E-state index is 13.3. The molecular weight excluding hydrogens is 279 g/mol. The van der Waals surface area contributed by atoms with Gasteiger partial charge in [-0.3, -0.25) is 9.88 Å². The maximum Gasteiger partial charge on any atom is 0.123 e. The number of aliphatic hydroxyl groups is 1. The number of hydrogen-bond donors (Lipinski definition) is 1. The van der Waals surface area contributed by atoms with Crippen molar-refractivity contribution in [1.82, 2.24) is 9.88 Å². The van der Waals surface area contributed by atoms with Crippen molar-refractivity contribution in [2.45, 2.75) is 25.3 Å². The summed E-state index contributed by atoms with van der Waals surface area (Å²) in [4.78, 5) is 7.05. The molecule has 1 aromatic heterocycles. The van der Waals surface area contributed by atoms with Crippen molar-refractivity contribution in [3.05, 3.63) is 65.2 Å². The summed E-state index contributed by atoms with van der Waals surface area (Å²) in [6, 6.07) is 13.0. The predicted octanol–water partition coefficient (Wildman–Crippen LogP) is 2.94. The first-order valence-electron chi connectivity index (χ1n) is 7.81. The summed E-state index contributed by atoms with van der Waals surface area (Å²) in [5.74, 6) is -0.210. The van der Waals surface area contributed by atoms with Crippen molar-refractivity contribution in [3.8, 4) is 0 Å². The van der Waals surface area contributed by atoms with E-state index in [0.717, 1.165) is 36.3 Å². The van der Waals surface area contributed by atoms with Gasteiger partial charge in [-0.2, -0.15) is 0 Å². The van der Waals surface area contributed by atoms with E-state index in [4.69, 9.17) is 10.1 Å². The summed E-state index contributed by atoms with van der Waals surface area (Å²) in [5.41, 5.74) is 2.95. The molecule has 1 aliphatic rings. The van der Waals surface area contributed by atoms with Crippen LogP contribution in [0.5, 0.6) is 0 Å². The van der Waals surface area contributed by atoms with Crippen molar-refractivity contribution >= 4 is 0 Å². The zero-order chi connectivity index (χ0) is 15.4. The van der Waals surface area contributed by atoms with E-state index < -0.39 is 0 Å². The molecule has 1 aromatic carbocycles. The van der Waals surface area contributed by atoms with Crippen molar-refractivity contribution in [2.75, 3.05) is 19.7 Å². The molecule has 0 spiro atoms. The Balaban J connectivity index is 1.77. The lowest BCUT2D eigenvalue weighted by Gasteiger charge is -2.23. The highest BCUT2D eigenvalue weighted by Crippen LogP contribution is 2.30. The number of aliphatic hydroxyl groups excluding tert-OH is 1. The van der Waals surface area contributed by atoms with Gasteiger partial charge in [0.15, 0.2) is 0 Å². The van der Waals surface area contributed by atoms with Gasteiger partial charge in [0.25, 0.3) is 0 Å². The molecule has 1 atom stereocenters. The van der Waals surface area contributed by atoms with Gasteiger partial charge in [-0.15, -0.1) is 0 Å². The summed E-state index contributed by atoms with van der Waals surface area (Å²) in [6.07, 6.45) is 2.86. The van der Waals surface area contributed by atoms with Crippen molar-refractivity contribution in [3.63, 3.8) is 0 Å². The van der Waals surface area contributed by atoms with E-state index in [0.29, 0.717) is 19.0 Å². The minimum absolute atomic E-state index is 0.180. The monoisotopic (exact) mass is 300 g/mol. The largest absolute Gasteiger partial charge is 0.395 e. The summed E-state index contributed by atoms with van der Waals surface area (Å²) in [5, 5.41) is 9.17. The molecule has 0 amide bonds. The van der Waals surface area contributed by atoms with E-state index in [1.165, 1.54) is 6.07 Å². The molecule has 1 N–H and O–H groups in total. The molecule has 1 fully saturated rings. The van der Waals surface area contributed by atoms with Crippen molar-refractivity contribution in [1.29, 1.82) is 0 Å². The Hall–Kier alpha value is -1.78.